The van der Waals surface area contributed by atoms with E-state index in [1.165, 1.54) is 18.2 Å². The number of likely N-dealkylation sites (N-methyl/N-ethyl adjacent to an activating group) is 1. The molecule has 0 aliphatic rings. The molecule has 0 radical (unpaired) electrons. The van der Waals surface area contributed by atoms with E-state index in [1.807, 2.05) is 35.8 Å². The van der Waals surface area contributed by atoms with Gasteiger partial charge in [0.1, 0.15) is 0 Å². The zero-order valence-electron chi connectivity index (χ0n) is 13.6. The molecule has 5 nitrogen and oxygen atoms in total. The lowest BCUT2D eigenvalue weighted by atomic mass is 10.1. The molecule has 8 heteroatoms. The van der Waals surface area contributed by atoms with E-state index in [2.05, 4.69) is 5.32 Å². The number of hydrogen-bond acceptors (Lipinski definition) is 5. The molecule has 1 atom stereocenters. The van der Waals surface area contributed by atoms with Crippen LogP contribution in [-0.2, 0) is 9.84 Å². The van der Waals surface area contributed by atoms with E-state index >= 15 is 0 Å². The van der Waals surface area contributed by atoms with Crippen LogP contribution in [0.1, 0.15) is 22.0 Å². The number of benzene rings is 1. The number of halogens is 1. The summed E-state index contributed by atoms with van der Waals surface area (Å²) < 4.78 is 23.4. The molecule has 2 rings (SSSR count). The van der Waals surface area contributed by atoms with E-state index in [0.29, 0.717) is 6.54 Å². The molecule has 1 aromatic carbocycles. The Balaban J connectivity index is 2.15. The largest absolute Gasteiger partial charge is 0.350 e. The molecule has 2 aromatic rings. The van der Waals surface area contributed by atoms with Gasteiger partial charge in [-0.2, -0.15) is 11.3 Å². The Bertz CT molecular complexity index is 818. The average molecular weight is 387 g/mol. The summed E-state index contributed by atoms with van der Waals surface area (Å²) in [7, 11) is 0.398. The molecule has 0 saturated heterocycles. The van der Waals surface area contributed by atoms with Crippen molar-refractivity contribution >= 4 is 38.7 Å². The van der Waals surface area contributed by atoms with Gasteiger partial charge in [0, 0.05) is 18.4 Å². The van der Waals surface area contributed by atoms with Gasteiger partial charge in [0.25, 0.3) is 5.91 Å². The van der Waals surface area contributed by atoms with Crippen LogP contribution in [-0.4, -0.2) is 46.1 Å². The molecule has 24 heavy (non-hydrogen) atoms. The number of amides is 1. The van der Waals surface area contributed by atoms with Crippen LogP contribution in [0.5, 0.6) is 0 Å². The number of carbonyl (C=O) groups excluding carboxylic acids is 1. The first-order chi connectivity index (χ1) is 11.2. The monoisotopic (exact) mass is 386 g/mol. The molecule has 0 unspecified atom stereocenters. The minimum absolute atomic E-state index is 0.0428. The zero-order chi connectivity index (χ0) is 17.9. The van der Waals surface area contributed by atoms with Crippen molar-refractivity contribution < 1.29 is 13.2 Å². The van der Waals surface area contributed by atoms with Crippen LogP contribution in [0, 0.1) is 0 Å². The highest BCUT2D eigenvalue weighted by Crippen LogP contribution is 2.23. The van der Waals surface area contributed by atoms with Crippen LogP contribution in [0.4, 0.5) is 0 Å². The first-order valence-electron chi connectivity index (χ1n) is 7.16. The van der Waals surface area contributed by atoms with Gasteiger partial charge in [0.2, 0.25) is 0 Å². The van der Waals surface area contributed by atoms with Gasteiger partial charge in [-0.25, -0.2) is 8.42 Å². The second kappa shape index (κ2) is 7.65. The number of hydrogen-bond donors (Lipinski definition) is 1. The number of thiophene rings is 1. The molecule has 0 saturated carbocycles. The van der Waals surface area contributed by atoms with Gasteiger partial charge in [-0.3, -0.25) is 4.79 Å². The highest BCUT2D eigenvalue weighted by Gasteiger charge is 2.18. The second-order valence-electron chi connectivity index (χ2n) is 5.66. The summed E-state index contributed by atoms with van der Waals surface area (Å²) in [5.41, 5.74) is 1.39. The minimum atomic E-state index is -3.49. The van der Waals surface area contributed by atoms with Crippen molar-refractivity contribution in [3.8, 4) is 0 Å². The van der Waals surface area contributed by atoms with E-state index in [1.54, 1.807) is 11.3 Å². The van der Waals surface area contributed by atoms with E-state index in [9.17, 15) is 13.2 Å². The normalized spacial score (nSPS) is 13.0. The summed E-state index contributed by atoms with van der Waals surface area (Å²) in [4.78, 5) is 14.3. The lowest BCUT2D eigenvalue weighted by Crippen LogP contribution is -2.34. The Morgan fingerprint density at radius 2 is 2.04 bits per heavy atom. The maximum Gasteiger partial charge on any atom is 0.251 e. The van der Waals surface area contributed by atoms with Crippen LogP contribution in [0.25, 0.3) is 0 Å². The van der Waals surface area contributed by atoms with Gasteiger partial charge in [0.15, 0.2) is 9.84 Å². The van der Waals surface area contributed by atoms with Crippen molar-refractivity contribution in [2.75, 3.05) is 26.9 Å². The number of sulfone groups is 1. The highest BCUT2D eigenvalue weighted by molar-refractivity contribution is 7.90. The zero-order valence-corrected chi connectivity index (χ0v) is 16.0. The van der Waals surface area contributed by atoms with Crippen LogP contribution in [0.3, 0.4) is 0 Å². The van der Waals surface area contributed by atoms with Gasteiger partial charge < -0.3 is 10.2 Å². The molecule has 1 aromatic heterocycles. The molecule has 1 amide bonds. The molecule has 0 aliphatic heterocycles. The van der Waals surface area contributed by atoms with Crippen LogP contribution in [0.2, 0.25) is 5.02 Å². The van der Waals surface area contributed by atoms with Crippen molar-refractivity contribution in [1.29, 1.82) is 0 Å². The fourth-order valence-electron chi connectivity index (χ4n) is 2.28. The quantitative estimate of drug-likeness (QED) is 0.828. The van der Waals surface area contributed by atoms with Gasteiger partial charge in [-0.15, -0.1) is 0 Å². The number of carbonyl (C=O) groups is 1. The Labute approximate surface area is 151 Å². The fraction of sp³-hybridized carbons (Fsp3) is 0.312. The predicted octanol–water partition coefficient (Wildman–Crippen LogP) is 2.84. The Morgan fingerprint density at radius 3 is 2.58 bits per heavy atom. The third-order valence-corrected chi connectivity index (χ3v) is 5.88. The number of rotatable bonds is 6. The lowest BCUT2D eigenvalue weighted by molar-refractivity contribution is 0.0942. The first kappa shape index (κ1) is 18.9. The minimum Gasteiger partial charge on any atom is -0.350 e. The molecule has 1 N–H and O–H groups in total. The van der Waals surface area contributed by atoms with E-state index in [4.69, 9.17) is 11.6 Å². The highest BCUT2D eigenvalue weighted by atomic mass is 35.5. The Kier molecular flexibility index (Phi) is 6.03. The van der Waals surface area contributed by atoms with E-state index in [-0.39, 0.29) is 27.4 Å². The molecule has 0 fully saturated rings. The van der Waals surface area contributed by atoms with E-state index in [0.717, 1.165) is 11.8 Å². The maximum absolute atomic E-state index is 12.4. The molecule has 1 heterocycles. The van der Waals surface area contributed by atoms with Crippen molar-refractivity contribution in [3.05, 3.63) is 51.2 Å². The topological polar surface area (TPSA) is 66.5 Å². The van der Waals surface area contributed by atoms with Gasteiger partial charge in [-0.05, 0) is 54.7 Å². The summed E-state index contributed by atoms with van der Waals surface area (Å²) in [6.45, 7) is 0.416. The Morgan fingerprint density at radius 1 is 1.33 bits per heavy atom. The van der Waals surface area contributed by atoms with Crippen molar-refractivity contribution in [1.82, 2.24) is 10.2 Å². The molecule has 0 aliphatic carbocycles. The van der Waals surface area contributed by atoms with Crippen LogP contribution in [0.15, 0.2) is 39.9 Å². The van der Waals surface area contributed by atoms with Crippen LogP contribution < -0.4 is 5.32 Å². The van der Waals surface area contributed by atoms with Crippen LogP contribution >= 0.6 is 22.9 Å². The Hall–Kier alpha value is -1.41. The van der Waals surface area contributed by atoms with Gasteiger partial charge in [0.05, 0.1) is 16.0 Å². The molecule has 130 valence electrons. The van der Waals surface area contributed by atoms with E-state index < -0.39 is 9.84 Å². The van der Waals surface area contributed by atoms with Gasteiger partial charge >= 0.3 is 0 Å². The first-order valence-corrected chi connectivity index (χ1v) is 10.4. The SMILES string of the molecule is CN(C)[C@H](CNC(=O)c1ccc(Cl)c(S(C)(=O)=O)c1)c1ccsc1. The summed E-state index contributed by atoms with van der Waals surface area (Å²) in [5, 5.41) is 7.00. The molecule has 0 spiro atoms. The standard InChI is InChI=1S/C16H19ClN2O3S2/c1-19(2)14(12-6-7-23-10-12)9-18-16(20)11-4-5-13(17)15(8-11)24(3,21)22/h4-8,10,14H,9H2,1-3H3,(H,18,20)/t14-/m1/s1. The van der Waals surface area contributed by atoms with Gasteiger partial charge in [-0.1, -0.05) is 11.6 Å². The second-order valence-corrected chi connectivity index (χ2v) is 8.83. The smallest absolute Gasteiger partial charge is 0.251 e. The maximum atomic E-state index is 12.4. The third-order valence-electron chi connectivity index (χ3n) is 3.60. The summed E-state index contributed by atoms with van der Waals surface area (Å²) in [5.74, 6) is -0.335. The van der Waals surface area contributed by atoms with Crippen molar-refractivity contribution in [2.45, 2.75) is 10.9 Å². The lowest BCUT2D eigenvalue weighted by Gasteiger charge is -2.24. The van der Waals surface area contributed by atoms with Crippen molar-refractivity contribution in [3.63, 3.8) is 0 Å². The predicted molar refractivity (Wildman–Crippen MR) is 97.6 cm³/mol. The summed E-state index contributed by atoms with van der Waals surface area (Å²) >= 11 is 7.51. The molecular weight excluding hydrogens is 368 g/mol. The summed E-state index contributed by atoms with van der Waals surface area (Å²) in [6.07, 6.45) is 1.06. The fourth-order valence-corrected chi connectivity index (χ4v) is 4.29. The van der Waals surface area contributed by atoms with Crippen molar-refractivity contribution in [2.24, 2.45) is 0 Å². The number of nitrogens with one attached hydrogen (secondary N) is 1. The third kappa shape index (κ3) is 4.57. The number of nitrogens with zero attached hydrogens (tertiary/aromatic N) is 1. The average Bonchev–Trinajstić information content (AvgIpc) is 3.00. The molecule has 0 bridgehead atoms. The molecular formula is C16H19ClN2O3S2. The summed E-state index contributed by atoms with van der Waals surface area (Å²) in [6, 6.07) is 6.31.